The smallest absolute Gasteiger partial charge is 0.322 e. The lowest BCUT2D eigenvalue weighted by molar-refractivity contribution is -0.138. The van der Waals surface area contributed by atoms with Crippen molar-refractivity contribution < 1.29 is 29.3 Å². The van der Waals surface area contributed by atoms with Gasteiger partial charge < -0.3 is 25.2 Å². The average Bonchev–Trinajstić information content (AvgIpc) is 2.70. The highest BCUT2D eigenvalue weighted by Crippen LogP contribution is 2.28. The number of benzene rings is 1. The number of rotatable bonds is 4. The Kier molecular flexibility index (Phi) is 5.82. The number of carboxylic acid groups (broad SMARTS) is 1. The van der Waals surface area contributed by atoms with Gasteiger partial charge in [-0.15, -0.1) is 0 Å². The number of nitrogens with one attached hydrogen (secondary N) is 1. The van der Waals surface area contributed by atoms with Gasteiger partial charge in [-0.3, -0.25) is 14.4 Å². The molecule has 0 radical (unpaired) electrons. The normalized spacial score (nSPS) is 20.8. The summed E-state index contributed by atoms with van der Waals surface area (Å²) in [4.78, 5) is 37.0. The molecule has 29 heavy (non-hydrogen) atoms. The summed E-state index contributed by atoms with van der Waals surface area (Å²) in [6, 6.07) is 9.41. The first-order chi connectivity index (χ1) is 13.9. The van der Waals surface area contributed by atoms with E-state index in [0.29, 0.717) is 16.9 Å². The molecule has 2 heterocycles. The Morgan fingerprint density at radius 1 is 1.21 bits per heavy atom. The fourth-order valence-corrected chi connectivity index (χ4v) is 3.04. The van der Waals surface area contributed by atoms with Crippen molar-refractivity contribution in [2.24, 2.45) is 0 Å². The number of allylic oxidation sites excluding steroid dienone is 3. The Labute approximate surface area is 167 Å². The van der Waals surface area contributed by atoms with Gasteiger partial charge in [-0.25, -0.2) is 0 Å². The summed E-state index contributed by atoms with van der Waals surface area (Å²) in [5.41, 5.74) is 1.43. The molecule has 3 rings (SSSR count). The summed E-state index contributed by atoms with van der Waals surface area (Å²) in [6.07, 6.45) is 3.30. The van der Waals surface area contributed by atoms with Gasteiger partial charge >= 0.3 is 5.97 Å². The average molecular weight is 396 g/mol. The van der Waals surface area contributed by atoms with Crippen molar-refractivity contribution in [3.63, 3.8) is 0 Å². The van der Waals surface area contributed by atoms with Crippen LogP contribution in [0.25, 0.3) is 5.57 Å². The molecule has 2 bridgehead atoms. The minimum absolute atomic E-state index is 0.0920. The van der Waals surface area contributed by atoms with E-state index in [1.807, 2.05) is 30.3 Å². The van der Waals surface area contributed by atoms with Gasteiger partial charge in [-0.2, -0.15) is 0 Å². The topological polar surface area (TPSA) is 116 Å². The van der Waals surface area contributed by atoms with Crippen LogP contribution in [-0.4, -0.2) is 59.1 Å². The molecule has 150 valence electrons. The summed E-state index contributed by atoms with van der Waals surface area (Å²) >= 11 is 0. The third-order valence-corrected chi connectivity index (χ3v) is 4.50. The summed E-state index contributed by atoms with van der Waals surface area (Å²) in [7, 11) is 0. The van der Waals surface area contributed by atoms with Crippen LogP contribution in [0.3, 0.4) is 0 Å². The Balaban J connectivity index is 2.04. The third-order valence-electron chi connectivity index (χ3n) is 4.50. The lowest BCUT2D eigenvalue weighted by atomic mass is 9.98. The van der Waals surface area contributed by atoms with E-state index in [4.69, 9.17) is 9.84 Å². The SMILES string of the molecule is C=C1OCCN2C/C(=C\C=C/1c1ccccc1)C(O)=C(C(=O)NCC(=O)O)C2=O. The number of aliphatic carboxylic acids is 1. The number of carbonyl (C=O) groups is 3. The van der Waals surface area contributed by atoms with E-state index in [9.17, 15) is 19.5 Å². The van der Waals surface area contributed by atoms with Gasteiger partial charge in [0.2, 0.25) is 0 Å². The van der Waals surface area contributed by atoms with E-state index < -0.39 is 35.7 Å². The van der Waals surface area contributed by atoms with Crippen LogP contribution in [-0.2, 0) is 19.1 Å². The number of hydrogen-bond acceptors (Lipinski definition) is 5. The van der Waals surface area contributed by atoms with Gasteiger partial charge in [0.15, 0.2) is 0 Å². The van der Waals surface area contributed by atoms with Gasteiger partial charge in [0.05, 0.1) is 6.54 Å². The number of nitrogens with zero attached hydrogens (tertiary/aromatic N) is 1. The van der Waals surface area contributed by atoms with Crippen LogP contribution in [0.2, 0.25) is 0 Å². The zero-order valence-electron chi connectivity index (χ0n) is 15.6. The number of aliphatic hydroxyl groups is 1. The number of hydrogen-bond donors (Lipinski definition) is 3. The Bertz CT molecular complexity index is 959. The van der Waals surface area contributed by atoms with Crippen molar-refractivity contribution in [2.75, 3.05) is 26.2 Å². The van der Waals surface area contributed by atoms with E-state index in [1.165, 1.54) is 4.90 Å². The van der Waals surface area contributed by atoms with Gasteiger partial charge in [0.1, 0.15) is 30.2 Å². The first-order valence-corrected chi connectivity index (χ1v) is 8.89. The molecule has 0 aliphatic carbocycles. The molecule has 3 N–H and O–H groups in total. The third kappa shape index (κ3) is 4.37. The summed E-state index contributed by atoms with van der Waals surface area (Å²) in [5.74, 6) is -2.94. The van der Waals surface area contributed by atoms with Gasteiger partial charge in [-0.1, -0.05) is 49.1 Å². The van der Waals surface area contributed by atoms with Crippen LogP contribution < -0.4 is 5.32 Å². The molecule has 8 nitrogen and oxygen atoms in total. The van der Waals surface area contributed by atoms with Crippen molar-refractivity contribution in [1.29, 1.82) is 0 Å². The lowest BCUT2D eigenvalue weighted by Gasteiger charge is -2.30. The molecule has 2 aliphatic rings. The number of amides is 2. The highest BCUT2D eigenvalue weighted by molar-refractivity contribution is 6.20. The number of ether oxygens (including phenoxy) is 1. The second-order valence-corrected chi connectivity index (χ2v) is 6.44. The lowest BCUT2D eigenvalue weighted by Crippen LogP contribution is -2.45. The van der Waals surface area contributed by atoms with E-state index >= 15 is 0 Å². The molecular formula is C21H20N2O6. The molecule has 1 aromatic carbocycles. The van der Waals surface area contributed by atoms with Crippen LogP contribution in [0.4, 0.5) is 0 Å². The van der Waals surface area contributed by atoms with Gasteiger partial charge in [0, 0.05) is 17.7 Å². The fraction of sp³-hybridized carbons (Fsp3) is 0.190. The molecule has 0 aromatic heterocycles. The molecule has 0 spiro atoms. The van der Waals surface area contributed by atoms with Crippen molar-refractivity contribution in [3.8, 4) is 0 Å². The quantitative estimate of drug-likeness (QED) is 0.663. The molecule has 0 saturated heterocycles. The first kappa shape index (κ1) is 19.9. The van der Waals surface area contributed by atoms with Crippen molar-refractivity contribution in [3.05, 3.63) is 77.3 Å². The van der Waals surface area contributed by atoms with E-state index in [2.05, 4.69) is 11.9 Å². The van der Waals surface area contributed by atoms with Crippen LogP contribution in [0.5, 0.6) is 0 Å². The molecule has 2 amide bonds. The minimum Gasteiger partial charge on any atom is -0.507 e. The summed E-state index contributed by atoms with van der Waals surface area (Å²) in [5, 5.41) is 21.4. The molecule has 0 unspecified atom stereocenters. The maximum Gasteiger partial charge on any atom is 0.322 e. The van der Waals surface area contributed by atoms with E-state index in [-0.39, 0.29) is 19.7 Å². The fourth-order valence-electron chi connectivity index (χ4n) is 3.04. The number of carboxylic acids is 1. The summed E-state index contributed by atoms with van der Waals surface area (Å²) < 4.78 is 5.68. The zero-order chi connectivity index (χ0) is 21.0. The Morgan fingerprint density at radius 3 is 2.62 bits per heavy atom. The maximum atomic E-state index is 12.6. The monoisotopic (exact) mass is 396 g/mol. The second-order valence-electron chi connectivity index (χ2n) is 6.44. The van der Waals surface area contributed by atoms with Crippen LogP contribution >= 0.6 is 0 Å². The standard InChI is InChI=1S/C21H20N2O6/c1-13-16(14-5-3-2-4-6-14)8-7-15-12-23(9-10-29-13)21(28)18(19(15)26)20(27)22-11-17(24)25/h2-8,26H,1,9-12H2,(H,22,27)(H,24,25)/b15-7+,16-8+. The summed E-state index contributed by atoms with van der Waals surface area (Å²) in [6.45, 7) is 3.69. The Morgan fingerprint density at radius 2 is 1.93 bits per heavy atom. The highest BCUT2D eigenvalue weighted by atomic mass is 16.5. The molecule has 0 fully saturated rings. The number of carbonyl (C=O) groups excluding carboxylic acids is 2. The van der Waals surface area contributed by atoms with Crippen LogP contribution in [0.15, 0.2) is 71.7 Å². The predicted molar refractivity (Wildman–Crippen MR) is 104 cm³/mol. The first-order valence-electron chi connectivity index (χ1n) is 8.89. The van der Waals surface area contributed by atoms with Crippen molar-refractivity contribution in [1.82, 2.24) is 10.2 Å². The molecule has 2 aliphatic heterocycles. The number of fused-ring (bicyclic) bond motifs is 2. The highest BCUT2D eigenvalue weighted by Gasteiger charge is 2.34. The van der Waals surface area contributed by atoms with Gasteiger partial charge in [0.25, 0.3) is 11.8 Å². The van der Waals surface area contributed by atoms with Crippen molar-refractivity contribution >= 4 is 23.4 Å². The Hall–Kier alpha value is -3.81. The van der Waals surface area contributed by atoms with Crippen molar-refractivity contribution in [2.45, 2.75) is 0 Å². The van der Waals surface area contributed by atoms with Crippen LogP contribution in [0.1, 0.15) is 5.56 Å². The van der Waals surface area contributed by atoms with E-state index in [1.54, 1.807) is 12.2 Å². The van der Waals surface area contributed by atoms with Gasteiger partial charge in [-0.05, 0) is 5.56 Å². The molecule has 0 saturated carbocycles. The van der Waals surface area contributed by atoms with Crippen LogP contribution in [0, 0.1) is 0 Å². The second kappa shape index (κ2) is 8.47. The maximum absolute atomic E-state index is 12.6. The molecular weight excluding hydrogens is 376 g/mol. The molecule has 1 aromatic rings. The zero-order valence-corrected chi connectivity index (χ0v) is 15.6. The molecule has 8 heteroatoms. The van der Waals surface area contributed by atoms with E-state index in [0.717, 1.165) is 5.56 Å². The largest absolute Gasteiger partial charge is 0.507 e. The molecule has 0 atom stereocenters. The minimum atomic E-state index is -1.26. The number of aliphatic hydroxyl groups excluding tert-OH is 1. The predicted octanol–water partition coefficient (Wildman–Crippen LogP) is 1.40.